The van der Waals surface area contributed by atoms with E-state index >= 15 is 0 Å². The van der Waals surface area contributed by atoms with Gasteiger partial charge in [0, 0.05) is 19.1 Å². The van der Waals surface area contributed by atoms with Crippen molar-refractivity contribution in [3.05, 3.63) is 30.3 Å². The van der Waals surface area contributed by atoms with Gasteiger partial charge < -0.3 is 15.0 Å². The maximum Gasteiger partial charge on any atom is 0.226 e. The molecular weight excluding hydrogens is 276 g/mol. The van der Waals surface area contributed by atoms with E-state index in [2.05, 4.69) is 5.32 Å². The summed E-state index contributed by atoms with van der Waals surface area (Å²) in [5.41, 5.74) is 0. The van der Waals surface area contributed by atoms with Crippen LogP contribution in [0.1, 0.15) is 19.3 Å². The van der Waals surface area contributed by atoms with Crippen molar-refractivity contribution < 1.29 is 9.53 Å². The Bertz CT molecular complexity index is 400. The van der Waals surface area contributed by atoms with Gasteiger partial charge in [0.1, 0.15) is 5.75 Å². The number of carbonyl (C=O) groups excluding carboxylic acids is 1. The highest BCUT2D eigenvalue weighted by Crippen LogP contribution is 2.12. The van der Waals surface area contributed by atoms with Crippen LogP contribution in [0.2, 0.25) is 0 Å². The van der Waals surface area contributed by atoms with Crippen molar-refractivity contribution in [2.75, 3.05) is 26.7 Å². The van der Waals surface area contributed by atoms with Crippen molar-refractivity contribution in [3.63, 3.8) is 0 Å². The number of piperidine rings is 1. The van der Waals surface area contributed by atoms with Gasteiger partial charge in [0.2, 0.25) is 5.91 Å². The normalized spacial score (nSPS) is 18.2. The van der Waals surface area contributed by atoms with Gasteiger partial charge in [0.15, 0.2) is 0 Å². The second-order valence-electron chi connectivity index (χ2n) is 4.88. The van der Waals surface area contributed by atoms with Crippen molar-refractivity contribution in [2.45, 2.75) is 25.3 Å². The standard InChI is InChI=1S/C15H22N2O2.ClH/c1-16-13-6-5-10-17(12-13)15(18)9-11-19-14-7-3-2-4-8-14;/h2-4,7-8,13,16H,5-6,9-12H2,1H3;1H. The summed E-state index contributed by atoms with van der Waals surface area (Å²) in [6.45, 7) is 2.15. The van der Waals surface area contributed by atoms with E-state index in [4.69, 9.17) is 4.74 Å². The molecule has 0 spiro atoms. The Balaban J connectivity index is 0.00000200. The van der Waals surface area contributed by atoms with E-state index in [0.29, 0.717) is 19.1 Å². The monoisotopic (exact) mass is 298 g/mol. The first-order valence-corrected chi connectivity index (χ1v) is 6.92. The van der Waals surface area contributed by atoms with E-state index < -0.39 is 0 Å². The average Bonchev–Trinajstić information content (AvgIpc) is 2.48. The van der Waals surface area contributed by atoms with E-state index in [1.165, 1.54) is 0 Å². The van der Waals surface area contributed by atoms with Crippen molar-refractivity contribution >= 4 is 18.3 Å². The molecular formula is C15H23ClN2O2. The predicted molar refractivity (Wildman–Crippen MR) is 82.5 cm³/mol. The van der Waals surface area contributed by atoms with Crippen molar-refractivity contribution in [1.29, 1.82) is 0 Å². The number of likely N-dealkylation sites (tertiary alicyclic amines) is 1. The summed E-state index contributed by atoms with van der Waals surface area (Å²) < 4.78 is 5.56. The molecule has 0 aliphatic carbocycles. The SMILES string of the molecule is CNC1CCCN(C(=O)CCOc2ccccc2)C1.Cl. The van der Waals surface area contributed by atoms with Crippen LogP contribution >= 0.6 is 12.4 Å². The van der Waals surface area contributed by atoms with Gasteiger partial charge in [-0.15, -0.1) is 12.4 Å². The number of carbonyl (C=O) groups is 1. The van der Waals surface area contributed by atoms with Crippen LogP contribution in [-0.2, 0) is 4.79 Å². The maximum atomic E-state index is 12.1. The van der Waals surface area contributed by atoms with E-state index in [1.54, 1.807) is 0 Å². The highest BCUT2D eigenvalue weighted by molar-refractivity contribution is 5.85. The van der Waals surface area contributed by atoms with Gasteiger partial charge >= 0.3 is 0 Å². The first-order valence-electron chi connectivity index (χ1n) is 6.92. The molecule has 1 fully saturated rings. The summed E-state index contributed by atoms with van der Waals surface area (Å²) in [7, 11) is 1.96. The number of rotatable bonds is 5. The molecule has 112 valence electrons. The second kappa shape index (κ2) is 8.82. The summed E-state index contributed by atoms with van der Waals surface area (Å²) in [6.07, 6.45) is 2.68. The van der Waals surface area contributed by atoms with Gasteiger partial charge in [-0.25, -0.2) is 0 Å². The van der Waals surface area contributed by atoms with Gasteiger partial charge in [-0.1, -0.05) is 18.2 Å². The lowest BCUT2D eigenvalue weighted by Crippen LogP contribution is -2.47. The third-order valence-electron chi connectivity index (χ3n) is 3.51. The Labute approximate surface area is 126 Å². The summed E-state index contributed by atoms with van der Waals surface area (Å²) in [6, 6.07) is 10.1. The van der Waals surface area contributed by atoms with Crippen molar-refractivity contribution in [3.8, 4) is 5.75 Å². The lowest BCUT2D eigenvalue weighted by molar-refractivity contribution is -0.133. The minimum atomic E-state index is 0. The predicted octanol–water partition coefficient (Wildman–Crippen LogP) is 2.09. The highest BCUT2D eigenvalue weighted by Gasteiger charge is 2.22. The fourth-order valence-electron chi connectivity index (χ4n) is 2.37. The maximum absolute atomic E-state index is 12.1. The zero-order valence-corrected chi connectivity index (χ0v) is 12.7. The lowest BCUT2D eigenvalue weighted by atomic mass is 10.1. The number of hydrogen-bond donors (Lipinski definition) is 1. The molecule has 1 amide bonds. The molecule has 1 aromatic rings. The van der Waals surface area contributed by atoms with Crippen LogP contribution in [0, 0.1) is 0 Å². The Hall–Kier alpha value is -1.26. The topological polar surface area (TPSA) is 41.6 Å². The summed E-state index contributed by atoms with van der Waals surface area (Å²) in [4.78, 5) is 14.0. The number of para-hydroxylation sites is 1. The van der Waals surface area contributed by atoms with Crippen LogP contribution < -0.4 is 10.1 Å². The van der Waals surface area contributed by atoms with E-state index in [1.807, 2.05) is 42.3 Å². The number of benzene rings is 1. The van der Waals surface area contributed by atoms with E-state index in [9.17, 15) is 4.79 Å². The largest absolute Gasteiger partial charge is 0.493 e. The fraction of sp³-hybridized carbons (Fsp3) is 0.533. The molecule has 2 rings (SSSR count). The summed E-state index contributed by atoms with van der Waals surface area (Å²) in [5, 5.41) is 3.25. The molecule has 0 radical (unpaired) electrons. The molecule has 1 unspecified atom stereocenters. The van der Waals surface area contributed by atoms with Crippen LogP contribution in [0.3, 0.4) is 0 Å². The molecule has 0 bridgehead atoms. The zero-order valence-electron chi connectivity index (χ0n) is 11.9. The lowest BCUT2D eigenvalue weighted by Gasteiger charge is -2.32. The molecule has 1 N–H and O–H groups in total. The van der Waals surface area contributed by atoms with Gasteiger partial charge in [-0.3, -0.25) is 4.79 Å². The van der Waals surface area contributed by atoms with Crippen molar-refractivity contribution in [1.82, 2.24) is 10.2 Å². The number of likely N-dealkylation sites (N-methyl/N-ethyl adjacent to an activating group) is 1. The summed E-state index contributed by atoms with van der Waals surface area (Å²) >= 11 is 0. The van der Waals surface area contributed by atoms with Crippen LogP contribution in [-0.4, -0.2) is 43.6 Å². The Morgan fingerprint density at radius 1 is 1.40 bits per heavy atom. The molecule has 1 aliphatic rings. The molecule has 4 nitrogen and oxygen atoms in total. The van der Waals surface area contributed by atoms with Crippen LogP contribution in [0.25, 0.3) is 0 Å². The number of amides is 1. The van der Waals surface area contributed by atoms with Crippen LogP contribution in [0.4, 0.5) is 0 Å². The first-order chi connectivity index (χ1) is 9.29. The highest BCUT2D eigenvalue weighted by atomic mass is 35.5. The average molecular weight is 299 g/mol. The quantitative estimate of drug-likeness (QED) is 0.905. The Morgan fingerprint density at radius 2 is 2.15 bits per heavy atom. The minimum Gasteiger partial charge on any atom is -0.493 e. The van der Waals surface area contributed by atoms with Gasteiger partial charge in [-0.05, 0) is 32.0 Å². The molecule has 20 heavy (non-hydrogen) atoms. The molecule has 1 heterocycles. The molecule has 1 atom stereocenters. The molecule has 5 heteroatoms. The number of ether oxygens (including phenoxy) is 1. The third-order valence-corrected chi connectivity index (χ3v) is 3.51. The molecule has 0 aromatic heterocycles. The first kappa shape index (κ1) is 16.8. The summed E-state index contributed by atoms with van der Waals surface area (Å²) in [5.74, 6) is 1.01. The molecule has 1 aliphatic heterocycles. The Morgan fingerprint density at radius 3 is 2.85 bits per heavy atom. The Kier molecular flexibility index (Phi) is 7.41. The smallest absolute Gasteiger partial charge is 0.226 e. The minimum absolute atomic E-state index is 0. The van der Waals surface area contributed by atoms with Crippen molar-refractivity contribution in [2.24, 2.45) is 0 Å². The number of hydrogen-bond acceptors (Lipinski definition) is 3. The number of nitrogens with zero attached hydrogens (tertiary/aromatic N) is 1. The van der Waals surface area contributed by atoms with E-state index in [0.717, 1.165) is 31.7 Å². The number of nitrogens with one attached hydrogen (secondary N) is 1. The number of halogens is 1. The third kappa shape index (κ3) is 5.02. The molecule has 1 saturated heterocycles. The fourth-order valence-corrected chi connectivity index (χ4v) is 2.37. The van der Waals surface area contributed by atoms with Crippen LogP contribution in [0.15, 0.2) is 30.3 Å². The van der Waals surface area contributed by atoms with Gasteiger partial charge in [-0.2, -0.15) is 0 Å². The van der Waals surface area contributed by atoms with E-state index in [-0.39, 0.29) is 18.3 Å². The molecule has 0 saturated carbocycles. The molecule has 1 aromatic carbocycles. The van der Waals surface area contributed by atoms with Gasteiger partial charge in [0.25, 0.3) is 0 Å². The van der Waals surface area contributed by atoms with Gasteiger partial charge in [0.05, 0.1) is 13.0 Å². The van der Waals surface area contributed by atoms with Crippen LogP contribution in [0.5, 0.6) is 5.75 Å². The second-order valence-corrected chi connectivity index (χ2v) is 4.88. The zero-order chi connectivity index (χ0) is 13.5.